The lowest BCUT2D eigenvalue weighted by Crippen LogP contribution is -2.42. The van der Waals surface area contributed by atoms with Crippen molar-refractivity contribution in [3.8, 4) is 5.69 Å². The number of nitrogens with zero attached hydrogens (tertiary/aromatic N) is 4. The van der Waals surface area contributed by atoms with Crippen molar-refractivity contribution in [3.63, 3.8) is 0 Å². The molecule has 4 rings (SSSR count). The molecule has 0 saturated carbocycles. The third-order valence-corrected chi connectivity index (χ3v) is 6.73. The Morgan fingerprint density at radius 3 is 2.38 bits per heavy atom. The Bertz CT molecular complexity index is 1080. The van der Waals surface area contributed by atoms with Crippen molar-refractivity contribution in [2.75, 3.05) is 18.8 Å². The SMILES string of the molecule is NC(=O)C1CCN(C(=O)CSc2nnc(Cc3ccccc3)n2-c2ccc(Cl)cc2)CC1. The van der Waals surface area contributed by atoms with Gasteiger partial charge in [-0.05, 0) is 42.7 Å². The molecule has 7 nitrogen and oxygen atoms in total. The number of likely N-dealkylation sites (tertiary alicyclic amines) is 1. The van der Waals surface area contributed by atoms with Gasteiger partial charge < -0.3 is 10.6 Å². The maximum absolute atomic E-state index is 12.8. The van der Waals surface area contributed by atoms with Crippen LogP contribution in [0.1, 0.15) is 24.2 Å². The van der Waals surface area contributed by atoms with Crippen molar-refractivity contribution >= 4 is 35.2 Å². The molecule has 3 aromatic rings. The third-order valence-electron chi connectivity index (χ3n) is 5.57. The van der Waals surface area contributed by atoms with Gasteiger partial charge in [-0.15, -0.1) is 10.2 Å². The molecule has 1 aliphatic heterocycles. The molecule has 1 aliphatic rings. The van der Waals surface area contributed by atoms with Crippen molar-refractivity contribution < 1.29 is 9.59 Å². The monoisotopic (exact) mass is 469 g/mol. The van der Waals surface area contributed by atoms with Crippen LogP contribution >= 0.6 is 23.4 Å². The van der Waals surface area contributed by atoms with Gasteiger partial charge in [0.1, 0.15) is 5.82 Å². The van der Waals surface area contributed by atoms with Gasteiger partial charge in [-0.2, -0.15) is 0 Å². The smallest absolute Gasteiger partial charge is 0.233 e. The summed E-state index contributed by atoms with van der Waals surface area (Å²) in [5.41, 5.74) is 7.41. The predicted octanol–water partition coefficient (Wildman–Crippen LogP) is 3.33. The maximum Gasteiger partial charge on any atom is 0.233 e. The lowest BCUT2D eigenvalue weighted by atomic mass is 9.96. The molecule has 9 heteroatoms. The van der Waals surface area contributed by atoms with Gasteiger partial charge in [-0.3, -0.25) is 14.2 Å². The lowest BCUT2D eigenvalue weighted by molar-refractivity contribution is -0.132. The van der Waals surface area contributed by atoms with E-state index in [0.29, 0.717) is 42.5 Å². The fraction of sp³-hybridized carbons (Fsp3) is 0.304. The molecule has 32 heavy (non-hydrogen) atoms. The van der Waals surface area contributed by atoms with Gasteiger partial charge in [0.05, 0.1) is 5.75 Å². The Morgan fingerprint density at radius 1 is 1.03 bits per heavy atom. The molecule has 1 fully saturated rings. The third kappa shape index (κ3) is 5.31. The first-order valence-electron chi connectivity index (χ1n) is 10.5. The number of amides is 2. The van der Waals surface area contributed by atoms with Gasteiger partial charge in [0.25, 0.3) is 0 Å². The minimum Gasteiger partial charge on any atom is -0.369 e. The summed E-state index contributed by atoms with van der Waals surface area (Å²) >= 11 is 7.44. The van der Waals surface area contributed by atoms with Gasteiger partial charge in [0, 0.05) is 36.1 Å². The number of carbonyl (C=O) groups excluding carboxylic acids is 2. The second kappa shape index (κ2) is 10.2. The molecule has 0 spiro atoms. The van der Waals surface area contributed by atoms with Crippen molar-refractivity contribution in [1.82, 2.24) is 19.7 Å². The van der Waals surface area contributed by atoms with Crippen molar-refractivity contribution in [2.45, 2.75) is 24.4 Å². The number of thioether (sulfide) groups is 1. The van der Waals surface area contributed by atoms with Crippen molar-refractivity contribution in [1.29, 1.82) is 0 Å². The Morgan fingerprint density at radius 2 is 1.72 bits per heavy atom. The molecular weight excluding hydrogens is 446 g/mol. The highest BCUT2D eigenvalue weighted by Gasteiger charge is 2.26. The molecule has 0 bridgehead atoms. The number of hydrogen-bond donors (Lipinski definition) is 1. The van der Waals surface area contributed by atoms with Crippen molar-refractivity contribution in [3.05, 3.63) is 71.0 Å². The highest BCUT2D eigenvalue weighted by molar-refractivity contribution is 7.99. The quantitative estimate of drug-likeness (QED) is 0.535. The van der Waals surface area contributed by atoms with Crippen LogP contribution in [-0.2, 0) is 16.0 Å². The second-order valence-corrected chi connectivity index (χ2v) is 9.10. The Balaban J connectivity index is 1.50. The summed E-state index contributed by atoms with van der Waals surface area (Å²) < 4.78 is 1.97. The zero-order valence-corrected chi connectivity index (χ0v) is 19.1. The molecule has 1 aromatic heterocycles. The van der Waals surface area contributed by atoms with Crippen LogP contribution in [0.3, 0.4) is 0 Å². The van der Waals surface area contributed by atoms with E-state index in [-0.39, 0.29) is 23.5 Å². The van der Waals surface area contributed by atoms with Crippen LogP contribution in [0.4, 0.5) is 0 Å². The number of halogens is 1. The number of benzene rings is 2. The minimum atomic E-state index is -0.284. The second-order valence-electron chi connectivity index (χ2n) is 7.72. The molecule has 0 radical (unpaired) electrons. The summed E-state index contributed by atoms with van der Waals surface area (Å²) in [6, 6.07) is 17.5. The Kier molecular flexibility index (Phi) is 7.12. The summed E-state index contributed by atoms with van der Waals surface area (Å²) in [6.07, 6.45) is 1.85. The number of aromatic nitrogens is 3. The van der Waals surface area contributed by atoms with Crippen LogP contribution < -0.4 is 5.73 Å². The van der Waals surface area contributed by atoms with E-state index < -0.39 is 0 Å². The molecule has 0 atom stereocenters. The van der Waals surface area contributed by atoms with E-state index >= 15 is 0 Å². The number of hydrogen-bond acceptors (Lipinski definition) is 5. The standard InChI is InChI=1S/C23H24ClN5O2S/c24-18-6-8-19(9-7-18)29-20(14-16-4-2-1-3-5-16)26-27-23(29)32-15-21(30)28-12-10-17(11-13-28)22(25)31/h1-9,17H,10-15H2,(H2,25,31). The van der Waals surface area contributed by atoms with Gasteiger partial charge in [0.15, 0.2) is 5.16 Å². The average Bonchev–Trinajstić information content (AvgIpc) is 3.21. The molecular formula is C23H24ClN5O2S. The van der Waals surface area contributed by atoms with Crippen LogP contribution in [0.5, 0.6) is 0 Å². The maximum atomic E-state index is 12.8. The van der Waals surface area contributed by atoms with Gasteiger partial charge >= 0.3 is 0 Å². The molecule has 2 amide bonds. The van der Waals surface area contributed by atoms with Crippen LogP contribution in [0.2, 0.25) is 5.02 Å². The molecule has 2 heterocycles. The zero-order valence-electron chi connectivity index (χ0n) is 17.5. The van der Waals surface area contributed by atoms with Crippen LogP contribution in [0.25, 0.3) is 5.69 Å². The first-order valence-corrected chi connectivity index (χ1v) is 11.8. The summed E-state index contributed by atoms with van der Waals surface area (Å²) in [7, 11) is 0. The summed E-state index contributed by atoms with van der Waals surface area (Å²) in [5, 5.41) is 10.1. The summed E-state index contributed by atoms with van der Waals surface area (Å²) in [4.78, 5) is 25.9. The van der Waals surface area contributed by atoms with E-state index in [9.17, 15) is 9.59 Å². The molecule has 1 saturated heterocycles. The van der Waals surface area contributed by atoms with Gasteiger partial charge in [-0.1, -0.05) is 53.7 Å². The normalized spacial score (nSPS) is 14.5. The Hall–Kier alpha value is -2.84. The Labute approximate surface area is 196 Å². The van der Waals surface area contributed by atoms with E-state index in [2.05, 4.69) is 10.2 Å². The predicted molar refractivity (Wildman–Crippen MR) is 125 cm³/mol. The molecule has 166 valence electrons. The topological polar surface area (TPSA) is 94.1 Å². The van der Waals surface area contributed by atoms with Gasteiger partial charge in [0.2, 0.25) is 11.8 Å². The highest BCUT2D eigenvalue weighted by atomic mass is 35.5. The number of carbonyl (C=O) groups is 2. The van der Waals surface area contributed by atoms with E-state index in [1.54, 1.807) is 4.90 Å². The van der Waals surface area contributed by atoms with Crippen LogP contribution in [0, 0.1) is 5.92 Å². The van der Waals surface area contributed by atoms with Gasteiger partial charge in [-0.25, -0.2) is 0 Å². The first-order chi connectivity index (χ1) is 15.5. The average molecular weight is 470 g/mol. The molecule has 2 aromatic carbocycles. The van der Waals surface area contributed by atoms with Crippen molar-refractivity contribution in [2.24, 2.45) is 11.7 Å². The fourth-order valence-corrected chi connectivity index (χ4v) is 4.77. The summed E-state index contributed by atoms with van der Waals surface area (Å²) in [6.45, 7) is 1.10. The van der Waals surface area contributed by atoms with E-state index in [1.807, 2.05) is 59.2 Å². The van der Waals surface area contributed by atoms with E-state index in [4.69, 9.17) is 17.3 Å². The van der Waals surface area contributed by atoms with E-state index in [1.165, 1.54) is 11.8 Å². The largest absolute Gasteiger partial charge is 0.369 e. The number of nitrogens with two attached hydrogens (primary N) is 1. The van der Waals surface area contributed by atoms with Crippen LogP contribution in [-0.4, -0.2) is 50.3 Å². The molecule has 0 aliphatic carbocycles. The number of piperidine rings is 1. The first kappa shape index (κ1) is 22.4. The number of primary amides is 1. The summed E-state index contributed by atoms with van der Waals surface area (Å²) in [5.74, 6) is 0.635. The molecule has 0 unspecified atom stereocenters. The minimum absolute atomic E-state index is 0.0215. The molecule has 2 N–H and O–H groups in total. The van der Waals surface area contributed by atoms with E-state index in [0.717, 1.165) is 17.1 Å². The lowest BCUT2D eigenvalue weighted by Gasteiger charge is -2.30. The zero-order chi connectivity index (χ0) is 22.5. The fourth-order valence-electron chi connectivity index (χ4n) is 3.77. The highest BCUT2D eigenvalue weighted by Crippen LogP contribution is 2.26. The number of rotatable bonds is 7. The van der Waals surface area contributed by atoms with Crippen LogP contribution in [0.15, 0.2) is 59.8 Å².